The van der Waals surface area contributed by atoms with Gasteiger partial charge in [-0.1, -0.05) is 77.0 Å². The Hall–Kier alpha value is -3.18. The number of carboxylic acids is 2. The van der Waals surface area contributed by atoms with Crippen molar-refractivity contribution < 1.29 is 57.9 Å². The number of piperidine rings is 1. The van der Waals surface area contributed by atoms with Crippen molar-refractivity contribution in [2.45, 2.75) is 128 Å². The summed E-state index contributed by atoms with van der Waals surface area (Å²) in [7, 11) is 0. The van der Waals surface area contributed by atoms with Crippen LogP contribution in [0.15, 0.2) is 0 Å². The molecule has 0 spiro atoms. The Morgan fingerprint density at radius 3 is 1.62 bits per heavy atom. The molecule has 0 unspecified atom stereocenters. The summed E-state index contributed by atoms with van der Waals surface area (Å²) in [5.41, 5.74) is 0. The van der Waals surface area contributed by atoms with E-state index in [1.807, 2.05) is 4.90 Å². The van der Waals surface area contributed by atoms with E-state index >= 15 is 0 Å². The van der Waals surface area contributed by atoms with Crippen molar-refractivity contribution in [3.05, 3.63) is 0 Å². The largest absolute Gasteiger partial charge is 0.481 e. The number of ether oxygens (including phenoxy) is 4. The fourth-order valence-corrected chi connectivity index (χ4v) is 6.34. The lowest BCUT2D eigenvalue weighted by Gasteiger charge is -2.32. The third-order valence-electron chi connectivity index (χ3n) is 9.64. The van der Waals surface area contributed by atoms with Crippen LogP contribution in [0.3, 0.4) is 0 Å². The zero-order valence-corrected chi connectivity index (χ0v) is 33.8. The predicted molar refractivity (Wildman–Crippen MR) is 210 cm³/mol. The highest BCUT2D eigenvalue weighted by atomic mass is 16.5. The Bertz CT molecular complexity index is 1060. The molecule has 1 rings (SSSR count). The van der Waals surface area contributed by atoms with Gasteiger partial charge in [-0.05, 0) is 38.1 Å². The van der Waals surface area contributed by atoms with Gasteiger partial charge in [0.1, 0.15) is 25.5 Å². The van der Waals surface area contributed by atoms with Gasteiger partial charge < -0.3 is 54.8 Å². The molecule has 3 amide bonds. The zero-order valence-electron chi connectivity index (χ0n) is 33.8. The van der Waals surface area contributed by atoms with Crippen LogP contribution in [0, 0.1) is 5.92 Å². The van der Waals surface area contributed by atoms with Gasteiger partial charge in [-0.15, -0.1) is 0 Å². The number of hydrogen-bond donors (Lipinski definition) is 5. The quantitative estimate of drug-likeness (QED) is 0.0445. The predicted octanol–water partition coefficient (Wildman–Crippen LogP) is 3.48. The molecule has 1 fully saturated rings. The Morgan fingerprint density at radius 1 is 0.625 bits per heavy atom. The number of carbonyl (C=O) groups is 6. The lowest BCUT2D eigenvalue weighted by Crippen LogP contribution is -2.46. The first-order chi connectivity index (χ1) is 27.2. The molecule has 0 aliphatic carbocycles. The second-order valence-electron chi connectivity index (χ2n) is 14.4. The van der Waals surface area contributed by atoms with E-state index in [0.29, 0.717) is 58.7 Å². The monoisotopic (exact) mass is 801 g/mol. The van der Waals surface area contributed by atoms with Gasteiger partial charge in [-0.25, -0.2) is 0 Å². The van der Waals surface area contributed by atoms with Gasteiger partial charge in [0.25, 0.3) is 0 Å². The summed E-state index contributed by atoms with van der Waals surface area (Å²) in [6.07, 6.45) is 19.0. The third kappa shape index (κ3) is 31.0. The second kappa shape index (κ2) is 36.2. The number of hydrogen-bond acceptors (Lipinski definition) is 11. The molecule has 0 bridgehead atoms. The van der Waals surface area contributed by atoms with E-state index in [2.05, 4.69) is 16.0 Å². The molecule has 56 heavy (non-hydrogen) atoms. The molecular formula is C40H72N4O12. The van der Waals surface area contributed by atoms with Crippen molar-refractivity contribution in [2.24, 2.45) is 5.92 Å². The van der Waals surface area contributed by atoms with Crippen molar-refractivity contribution in [2.75, 3.05) is 85.6 Å². The highest BCUT2D eigenvalue weighted by Gasteiger charge is 2.26. The van der Waals surface area contributed by atoms with Crippen LogP contribution in [-0.4, -0.2) is 143 Å². The molecule has 16 heteroatoms. The number of nitrogens with zero attached hydrogens (tertiary/aromatic N) is 1. The molecule has 324 valence electrons. The van der Waals surface area contributed by atoms with Gasteiger partial charge in [0.2, 0.25) is 17.7 Å². The van der Waals surface area contributed by atoms with Crippen molar-refractivity contribution in [3.8, 4) is 0 Å². The summed E-state index contributed by atoms with van der Waals surface area (Å²) in [6, 6.07) is -1.01. The van der Waals surface area contributed by atoms with Gasteiger partial charge in [0, 0.05) is 39.0 Å². The summed E-state index contributed by atoms with van der Waals surface area (Å²) < 4.78 is 20.8. The molecular weight excluding hydrogens is 728 g/mol. The molecule has 0 aromatic heterocycles. The van der Waals surface area contributed by atoms with Crippen LogP contribution in [0.5, 0.6) is 0 Å². The van der Waals surface area contributed by atoms with E-state index in [4.69, 9.17) is 24.1 Å². The molecule has 1 aliphatic heterocycles. The van der Waals surface area contributed by atoms with Crippen LogP contribution < -0.4 is 16.0 Å². The topological polar surface area (TPSA) is 219 Å². The van der Waals surface area contributed by atoms with Crippen LogP contribution in [0.2, 0.25) is 0 Å². The minimum atomic E-state index is -1.09. The summed E-state index contributed by atoms with van der Waals surface area (Å²) in [6.45, 7) is 3.80. The number of unbranched alkanes of at least 4 members (excludes halogenated alkanes) is 13. The molecule has 0 radical (unpaired) electrons. The molecule has 1 atom stereocenters. The molecule has 1 aliphatic rings. The number of carbonyl (C=O) groups excluding carboxylic acids is 4. The van der Waals surface area contributed by atoms with Crippen LogP contribution in [0.25, 0.3) is 0 Å². The summed E-state index contributed by atoms with van der Waals surface area (Å²) >= 11 is 0. The fourth-order valence-electron chi connectivity index (χ4n) is 6.34. The van der Waals surface area contributed by atoms with E-state index in [9.17, 15) is 33.9 Å². The molecule has 16 nitrogen and oxygen atoms in total. The average Bonchev–Trinajstić information content (AvgIpc) is 3.18. The minimum absolute atomic E-state index is 0.0297. The SMILES string of the molecule is O=CCOCCOCCNC(=O)COCCOCCNC(=O)C[C@@H](NCC1CCN(C(=O)CCCCCCCCCCCCCCCCC(=O)O)CC1)C(=O)O. The zero-order chi connectivity index (χ0) is 40.9. The van der Waals surface area contributed by atoms with Gasteiger partial charge in [-0.2, -0.15) is 0 Å². The standard InChI is InChI=1S/C40H72N4O12/c45-23-26-55-28-27-53-25-20-42-37(47)33-56-30-29-54-24-19-41-36(46)31-35(40(51)52)43-32-34-17-21-44(22-18-34)38(48)15-13-11-9-7-5-3-1-2-4-6-8-10-12-14-16-39(49)50/h23,34-35,43H,1-22,24-33H2,(H,41,46)(H,42,47)(H,49,50)(H,51,52)/t35-/m1/s1. The number of amides is 3. The Morgan fingerprint density at radius 2 is 1.11 bits per heavy atom. The smallest absolute Gasteiger partial charge is 0.321 e. The maximum absolute atomic E-state index is 12.7. The van der Waals surface area contributed by atoms with Crippen LogP contribution in [0.4, 0.5) is 0 Å². The Balaban J connectivity index is 1.99. The molecule has 0 aromatic rings. The lowest BCUT2D eigenvalue weighted by molar-refractivity contribution is -0.141. The van der Waals surface area contributed by atoms with Gasteiger partial charge in [-0.3, -0.25) is 24.0 Å². The first-order valence-electron chi connectivity index (χ1n) is 21.0. The first kappa shape index (κ1) is 50.8. The van der Waals surface area contributed by atoms with E-state index < -0.39 is 23.9 Å². The normalized spacial score (nSPS) is 13.7. The number of nitrogens with one attached hydrogen (secondary N) is 3. The lowest BCUT2D eigenvalue weighted by atomic mass is 9.95. The maximum atomic E-state index is 12.7. The Labute approximate surface area is 333 Å². The van der Waals surface area contributed by atoms with Crippen molar-refractivity contribution in [1.82, 2.24) is 20.9 Å². The minimum Gasteiger partial charge on any atom is -0.481 e. The van der Waals surface area contributed by atoms with E-state index in [1.165, 1.54) is 51.4 Å². The van der Waals surface area contributed by atoms with E-state index in [-0.39, 0.29) is 70.2 Å². The summed E-state index contributed by atoms with van der Waals surface area (Å²) in [5.74, 6) is -2.04. The van der Waals surface area contributed by atoms with Gasteiger partial charge >= 0.3 is 11.9 Å². The number of rotatable bonds is 39. The molecule has 1 saturated heterocycles. The van der Waals surface area contributed by atoms with Crippen molar-refractivity contribution >= 4 is 35.9 Å². The van der Waals surface area contributed by atoms with Crippen LogP contribution >= 0.6 is 0 Å². The molecule has 0 aromatic carbocycles. The van der Waals surface area contributed by atoms with E-state index in [1.54, 1.807) is 0 Å². The third-order valence-corrected chi connectivity index (χ3v) is 9.64. The average molecular weight is 801 g/mol. The Kier molecular flexibility index (Phi) is 32.8. The molecule has 0 saturated carbocycles. The van der Waals surface area contributed by atoms with Crippen molar-refractivity contribution in [3.63, 3.8) is 0 Å². The number of aliphatic carboxylic acids is 2. The number of carboxylic acid groups (broad SMARTS) is 2. The molecule has 5 N–H and O–H groups in total. The maximum Gasteiger partial charge on any atom is 0.321 e. The summed E-state index contributed by atoms with van der Waals surface area (Å²) in [4.78, 5) is 71.2. The van der Waals surface area contributed by atoms with Crippen molar-refractivity contribution in [1.29, 1.82) is 0 Å². The van der Waals surface area contributed by atoms with Gasteiger partial charge in [0.15, 0.2) is 0 Å². The van der Waals surface area contributed by atoms with Gasteiger partial charge in [0.05, 0.1) is 46.1 Å². The van der Waals surface area contributed by atoms with Crippen LogP contribution in [0.1, 0.15) is 122 Å². The summed E-state index contributed by atoms with van der Waals surface area (Å²) in [5, 5.41) is 26.7. The number of aldehydes is 1. The fraction of sp³-hybridized carbons (Fsp3) is 0.850. The van der Waals surface area contributed by atoms with E-state index in [0.717, 1.165) is 51.4 Å². The first-order valence-corrected chi connectivity index (χ1v) is 21.0. The van der Waals surface area contributed by atoms with Crippen LogP contribution in [-0.2, 0) is 47.7 Å². The highest BCUT2D eigenvalue weighted by Crippen LogP contribution is 2.19. The molecule has 1 heterocycles. The second-order valence-corrected chi connectivity index (χ2v) is 14.4. The highest BCUT2D eigenvalue weighted by molar-refractivity contribution is 5.84. The number of likely N-dealkylation sites (tertiary alicyclic amines) is 1.